The fraction of sp³-hybridized carbons (Fsp3) is 0.474. The smallest absolute Gasteiger partial charge is 0.158 e. The van der Waals surface area contributed by atoms with Gasteiger partial charge in [0.1, 0.15) is 4.75 Å². The first kappa shape index (κ1) is 17.6. The van der Waals surface area contributed by atoms with E-state index in [4.69, 9.17) is 4.74 Å². The average Bonchev–Trinajstić information content (AvgIpc) is 2.88. The summed E-state index contributed by atoms with van der Waals surface area (Å²) in [4.78, 5) is 10.3. The zero-order valence-electron chi connectivity index (χ0n) is 14.6. The van der Waals surface area contributed by atoms with E-state index in [1.807, 2.05) is 24.3 Å². The van der Waals surface area contributed by atoms with Gasteiger partial charge in [-0.15, -0.1) is 0 Å². The fourth-order valence-corrected chi connectivity index (χ4v) is 6.53. The molecule has 0 bridgehead atoms. The summed E-state index contributed by atoms with van der Waals surface area (Å²) in [5, 5.41) is 0. The second-order valence-corrected chi connectivity index (χ2v) is 9.70. The number of pyridine rings is 2. The molecule has 6 nitrogen and oxygen atoms in total. The summed E-state index contributed by atoms with van der Waals surface area (Å²) in [5.41, 5.74) is 2.17. The molecule has 0 amide bonds. The molecule has 4 rings (SSSR count). The maximum atomic E-state index is 12.7. The molecule has 2 aliphatic heterocycles. The van der Waals surface area contributed by atoms with Crippen molar-refractivity contribution in [3.8, 4) is 0 Å². The second-order valence-electron chi connectivity index (χ2n) is 7.25. The van der Waals surface area contributed by atoms with Crippen molar-refractivity contribution in [1.82, 2.24) is 14.9 Å². The maximum Gasteiger partial charge on any atom is 0.158 e. The van der Waals surface area contributed by atoms with E-state index in [2.05, 4.69) is 14.9 Å². The van der Waals surface area contributed by atoms with Gasteiger partial charge in [0.15, 0.2) is 9.84 Å². The van der Waals surface area contributed by atoms with Crippen LogP contribution in [0, 0.1) is 5.92 Å². The number of likely N-dealkylation sites (tertiary alicyclic amines) is 1. The minimum atomic E-state index is -3.07. The highest BCUT2D eigenvalue weighted by atomic mass is 32.2. The number of hydrogen-bond acceptors (Lipinski definition) is 6. The van der Waals surface area contributed by atoms with Gasteiger partial charge >= 0.3 is 0 Å². The first-order chi connectivity index (χ1) is 12.6. The number of aromatic nitrogens is 2. The van der Waals surface area contributed by atoms with Gasteiger partial charge < -0.3 is 4.74 Å². The molecule has 2 fully saturated rings. The van der Waals surface area contributed by atoms with Crippen LogP contribution in [0.15, 0.2) is 49.1 Å². The minimum Gasteiger partial charge on any atom is -0.376 e. The Morgan fingerprint density at radius 2 is 1.92 bits per heavy atom. The van der Waals surface area contributed by atoms with Gasteiger partial charge in [-0.3, -0.25) is 14.9 Å². The van der Waals surface area contributed by atoms with E-state index < -0.39 is 14.6 Å². The van der Waals surface area contributed by atoms with Crippen LogP contribution >= 0.6 is 0 Å². The van der Waals surface area contributed by atoms with Crippen molar-refractivity contribution in [2.24, 2.45) is 5.92 Å². The molecule has 0 radical (unpaired) electrons. The average molecular weight is 373 g/mol. The van der Waals surface area contributed by atoms with E-state index in [1.54, 1.807) is 24.8 Å². The standard InChI is InChI=1S/C19H23N3O3S/c23-26(24)9-5-18(13-25-12-17-2-1-6-21-10-17)19(26)14-22(15-19)11-16-3-7-20-8-4-16/h1-4,6-8,10,18H,5,9,11-15H2/t18-/m0/s1. The lowest BCUT2D eigenvalue weighted by molar-refractivity contribution is 0.0200. The van der Waals surface area contributed by atoms with Gasteiger partial charge in [-0.25, -0.2) is 8.42 Å². The Morgan fingerprint density at radius 3 is 2.65 bits per heavy atom. The molecule has 1 atom stereocenters. The topological polar surface area (TPSA) is 72.4 Å². The predicted molar refractivity (Wildman–Crippen MR) is 98.0 cm³/mol. The van der Waals surface area contributed by atoms with Gasteiger partial charge in [0.2, 0.25) is 0 Å². The molecule has 138 valence electrons. The van der Waals surface area contributed by atoms with Crippen LogP contribution in [0.2, 0.25) is 0 Å². The summed E-state index contributed by atoms with van der Waals surface area (Å²) >= 11 is 0. The molecule has 2 aromatic heterocycles. The number of hydrogen-bond donors (Lipinski definition) is 0. The van der Waals surface area contributed by atoms with Gasteiger partial charge in [0.05, 0.1) is 19.0 Å². The predicted octanol–water partition coefficient (Wildman–Crippen LogP) is 1.68. The SMILES string of the molecule is O=S1(=O)CC[C@@H](COCc2cccnc2)C12CN(Cc1ccncc1)C2. The highest BCUT2D eigenvalue weighted by Crippen LogP contribution is 2.45. The molecular formula is C19H23N3O3S. The van der Waals surface area contributed by atoms with Crippen molar-refractivity contribution in [2.45, 2.75) is 24.3 Å². The van der Waals surface area contributed by atoms with Crippen molar-refractivity contribution in [1.29, 1.82) is 0 Å². The molecular weight excluding hydrogens is 350 g/mol. The number of sulfone groups is 1. The van der Waals surface area contributed by atoms with Crippen LogP contribution in [-0.2, 0) is 27.7 Å². The fourth-order valence-electron chi connectivity index (χ4n) is 4.08. The van der Waals surface area contributed by atoms with E-state index in [0.29, 0.717) is 32.7 Å². The zero-order chi connectivity index (χ0) is 18.0. The maximum absolute atomic E-state index is 12.7. The first-order valence-corrected chi connectivity index (χ1v) is 10.5. The molecule has 0 aromatic carbocycles. The molecule has 0 unspecified atom stereocenters. The lowest BCUT2D eigenvalue weighted by Gasteiger charge is -2.50. The molecule has 1 spiro atoms. The second kappa shape index (κ2) is 7.06. The van der Waals surface area contributed by atoms with E-state index in [-0.39, 0.29) is 11.7 Å². The molecule has 0 aliphatic carbocycles. The van der Waals surface area contributed by atoms with Crippen LogP contribution in [0.1, 0.15) is 17.5 Å². The number of rotatable bonds is 6. The van der Waals surface area contributed by atoms with Gasteiger partial charge in [-0.1, -0.05) is 6.07 Å². The van der Waals surface area contributed by atoms with Crippen LogP contribution in [0.5, 0.6) is 0 Å². The Bertz CT molecular complexity index is 837. The van der Waals surface area contributed by atoms with E-state index in [0.717, 1.165) is 17.7 Å². The zero-order valence-corrected chi connectivity index (χ0v) is 15.4. The van der Waals surface area contributed by atoms with Crippen molar-refractivity contribution in [3.63, 3.8) is 0 Å². The van der Waals surface area contributed by atoms with Gasteiger partial charge in [-0.2, -0.15) is 0 Å². The first-order valence-electron chi connectivity index (χ1n) is 8.89. The summed E-state index contributed by atoms with van der Waals surface area (Å²) in [6.07, 6.45) is 7.74. The minimum absolute atomic E-state index is 0.0675. The Kier molecular flexibility index (Phi) is 4.77. The lowest BCUT2D eigenvalue weighted by Crippen LogP contribution is -2.67. The van der Waals surface area contributed by atoms with Crippen molar-refractivity contribution in [3.05, 3.63) is 60.2 Å². The Labute approximate surface area is 154 Å². The summed E-state index contributed by atoms with van der Waals surface area (Å²) in [6, 6.07) is 7.79. The van der Waals surface area contributed by atoms with Crippen LogP contribution < -0.4 is 0 Å². The molecule has 26 heavy (non-hydrogen) atoms. The normalized spacial score (nSPS) is 23.8. The highest BCUT2D eigenvalue weighted by Gasteiger charge is 2.61. The Balaban J connectivity index is 1.37. The van der Waals surface area contributed by atoms with Gasteiger partial charge in [0, 0.05) is 50.3 Å². The summed E-state index contributed by atoms with van der Waals surface area (Å²) in [7, 11) is -3.07. The molecule has 2 aliphatic rings. The quantitative estimate of drug-likeness (QED) is 0.767. The molecule has 2 aromatic rings. The number of nitrogens with zero attached hydrogens (tertiary/aromatic N) is 3. The molecule has 2 saturated heterocycles. The summed E-state index contributed by atoms with van der Waals surface area (Å²) in [5.74, 6) is 0.342. The summed E-state index contributed by atoms with van der Waals surface area (Å²) in [6.45, 7) is 2.92. The van der Waals surface area contributed by atoms with E-state index in [9.17, 15) is 8.42 Å². The molecule has 7 heteroatoms. The third kappa shape index (κ3) is 3.26. The van der Waals surface area contributed by atoms with E-state index >= 15 is 0 Å². The van der Waals surface area contributed by atoms with Crippen LogP contribution in [0.25, 0.3) is 0 Å². The van der Waals surface area contributed by atoms with Gasteiger partial charge in [0.25, 0.3) is 0 Å². The third-order valence-corrected chi connectivity index (χ3v) is 8.15. The van der Waals surface area contributed by atoms with Crippen LogP contribution in [0.3, 0.4) is 0 Å². The molecule has 0 N–H and O–H groups in total. The Morgan fingerprint density at radius 1 is 1.12 bits per heavy atom. The van der Waals surface area contributed by atoms with Crippen molar-refractivity contribution in [2.75, 3.05) is 25.4 Å². The molecule has 4 heterocycles. The van der Waals surface area contributed by atoms with Crippen molar-refractivity contribution >= 4 is 9.84 Å². The van der Waals surface area contributed by atoms with Gasteiger partial charge in [-0.05, 0) is 35.7 Å². The van der Waals surface area contributed by atoms with Crippen LogP contribution in [0.4, 0.5) is 0 Å². The lowest BCUT2D eigenvalue weighted by atomic mass is 9.83. The Hall–Kier alpha value is -1.83. The highest BCUT2D eigenvalue weighted by molar-refractivity contribution is 7.93. The molecule has 0 saturated carbocycles. The third-order valence-electron chi connectivity index (χ3n) is 5.55. The summed E-state index contributed by atoms with van der Waals surface area (Å²) < 4.78 is 30.6. The van der Waals surface area contributed by atoms with E-state index in [1.165, 1.54) is 0 Å². The largest absolute Gasteiger partial charge is 0.376 e. The van der Waals surface area contributed by atoms with Crippen molar-refractivity contribution < 1.29 is 13.2 Å². The monoisotopic (exact) mass is 373 g/mol. The number of ether oxygens (including phenoxy) is 1. The van der Waals surface area contributed by atoms with Crippen LogP contribution in [-0.4, -0.2) is 53.5 Å².